The zero-order valence-electron chi connectivity index (χ0n) is 14.1. The van der Waals surface area contributed by atoms with Crippen LogP contribution in [0.1, 0.15) is 27.7 Å². The summed E-state index contributed by atoms with van der Waals surface area (Å²) in [6.07, 6.45) is 0. The molecule has 0 saturated carbocycles. The Kier molecular flexibility index (Phi) is 8.38. The van der Waals surface area contributed by atoms with E-state index >= 15 is 0 Å². The van der Waals surface area contributed by atoms with Crippen molar-refractivity contribution >= 4 is 25.3 Å². The van der Waals surface area contributed by atoms with E-state index in [1.165, 1.54) is 0 Å². The van der Waals surface area contributed by atoms with Crippen LogP contribution in [-0.4, -0.2) is 72.8 Å². The summed E-state index contributed by atoms with van der Waals surface area (Å²) in [5.41, 5.74) is 0. The number of thiol groups is 2. The fourth-order valence-electron chi connectivity index (χ4n) is 2.42. The standard InChI is InChI=1S/C15H34N4S2/c1-14(2,20)12-17-5-6-18-13(15(3,4)21)11-19-9-7-16-8-10-19/h13,16-18,20-21H,5-12H2,1-4H3. The van der Waals surface area contributed by atoms with Gasteiger partial charge in [0.05, 0.1) is 0 Å². The predicted octanol–water partition coefficient (Wildman–Crippen LogP) is 0.856. The molecule has 6 heteroatoms. The highest BCUT2D eigenvalue weighted by atomic mass is 32.1. The van der Waals surface area contributed by atoms with E-state index in [4.69, 9.17) is 12.6 Å². The van der Waals surface area contributed by atoms with Crippen molar-refractivity contribution in [1.29, 1.82) is 0 Å². The summed E-state index contributed by atoms with van der Waals surface area (Å²) < 4.78 is 0.0245. The van der Waals surface area contributed by atoms with Crippen molar-refractivity contribution in [3.8, 4) is 0 Å². The molecule has 1 saturated heterocycles. The minimum Gasteiger partial charge on any atom is -0.314 e. The molecule has 1 heterocycles. The molecule has 0 spiro atoms. The summed E-state index contributed by atoms with van der Waals surface area (Å²) in [5, 5.41) is 10.5. The Morgan fingerprint density at radius 1 is 1.10 bits per heavy atom. The van der Waals surface area contributed by atoms with Gasteiger partial charge < -0.3 is 16.0 Å². The van der Waals surface area contributed by atoms with Crippen molar-refractivity contribution in [1.82, 2.24) is 20.9 Å². The Bertz CT molecular complexity index is 280. The predicted molar refractivity (Wildman–Crippen MR) is 100 cm³/mol. The number of rotatable bonds is 9. The molecule has 0 radical (unpaired) electrons. The molecule has 21 heavy (non-hydrogen) atoms. The van der Waals surface area contributed by atoms with E-state index in [2.05, 4.69) is 61.2 Å². The molecule has 4 nitrogen and oxygen atoms in total. The first-order chi connectivity index (χ1) is 9.68. The van der Waals surface area contributed by atoms with E-state index in [1.54, 1.807) is 0 Å². The van der Waals surface area contributed by atoms with Crippen LogP contribution in [0.5, 0.6) is 0 Å². The summed E-state index contributed by atoms with van der Waals surface area (Å²) in [6, 6.07) is 0.393. The van der Waals surface area contributed by atoms with Crippen LogP contribution in [0.3, 0.4) is 0 Å². The lowest BCUT2D eigenvalue weighted by molar-refractivity contribution is 0.204. The van der Waals surface area contributed by atoms with Crippen LogP contribution in [-0.2, 0) is 0 Å². The van der Waals surface area contributed by atoms with Crippen molar-refractivity contribution in [2.75, 3.05) is 52.4 Å². The quantitative estimate of drug-likeness (QED) is 0.320. The van der Waals surface area contributed by atoms with Crippen molar-refractivity contribution in [2.45, 2.75) is 43.2 Å². The van der Waals surface area contributed by atoms with Gasteiger partial charge >= 0.3 is 0 Å². The Balaban J connectivity index is 2.30. The SMILES string of the molecule is CC(C)(S)CNCCNC(CN1CCNCC1)C(C)(C)S. The van der Waals surface area contributed by atoms with Gasteiger partial charge in [0.25, 0.3) is 0 Å². The number of hydrogen-bond donors (Lipinski definition) is 5. The van der Waals surface area contributed by atoms with E-state index in [-0.39, 0.29) is 9.49 Å². The summed E-state index contributed by atoms with van der Waals surface area (Å²) in [7, 11) is 0. The lowest BCUT2D eigenvalue weighted by Crippen LogP contribution is -2.55. The maximum Gasteiger partial charge on any atom is 0.0335 e. The number of nitrogens with one attached hydrogen (secondary N) is 3. The first kappa shape index (κ1) is 19.6. The largest absolute Gasteiger partial charge is 0.314 e. The van der Waals surface area contributed by atoms with Crippen LogP contribution in [0.15, 0.2) is 0 Å². The molecule has 0 bridgehead atoms. The van der Waals surface area contributed by atoms with Gasteiger partial charge in [-0.2, -0.15) is 25.3 Å². The van der Waals surface area contributed by atoms with E-state index < -0.39 is 0 Å². The third-order valence-corrected chi connectivity index (χ3v) is 4.22. The molecular weight excluding hydrogens is 300 g/mol. The minimum atomic E-state index is -0.0201. The van der Waals surface area contributed by atoms with E-state index in [9.17, 15) is 0 Å². The Morgan fingerprint density at radius 3 is 2.24 bits per heavy atom. The zero-order valence-corrected chi connectivity index (χ0v) is 15.9. The van der Waals surface area contributed by atoms with Crippen LogP contribution in [0.2, 0.25) is 0 Å². The average molecular weight is 335 g/mol. The second-order valence-electron chi connectivity index (χ2n) is 7.20. The van der Waals surface area contributed by atoms with Crippen LogP contribution in [0.25, 0.3) is 0 Å². The summed E-state index contributed by atoms with van der Waals surface area (Å²) in [5.74, 6) is 0. The van der Waals surface area contributed by atoms with Gasteiger partial charge in [0.2, 0.25) is 0 Å². The van der Waals surface area contributed by atoms with Crippen molar-refractivity contribution < 1.29 is 0 Å². The van der Waals surface area contributed by atoms with Gasteiger partial charge in [0, 0.05) is 67.9 Å². The maximum atomic E-state index is 4.78. The minimum absolute atomic E-state index is 0.0201. The van der Waals surface area contributed by atoms with Gasteiger partial charge in [-0.1, -0.05) is 0 Å². The van der Waals surface area contributed by atoms with Gasteiger partial charge in [-0.25, -0.2) is 0 Å². The fourth-order valence-corrected chi connectivity index (χ4v) is 2.70. The van der Waals surface area contributed by atoms with Crippen molar-refractivity contribution in [3.63, 3.8) is 0 Å². The molecule has 0 aromatic rings. The highest BCUT2D eigenvalue weighted by Crippen LogP contribution is 2.18. The van der Waals surface area contributed by atoms with Gasteiger partial charge in [-0.15, -0.1) is 0 Å². The second-order valence-corrected chi connectivity index (χ2v) is 9.56. The third kappa shape index (κ3) is 9.31. The molecule has 0 aliphatic carbocycles. The summed E-state index contributed by atoms with van der Waals surface area (Å²) in [6.45, 7) is 17.0. The van der Waals surface area contributed by atoms with Crippen LogP contribution in [0.4, 0.5) is 0 Å². The molecule has 1 aliphatic rings. The maximum absolute atomic E-state index is 4.78. The smallest absolute Gasteiger partial charge is 0.0335 e. The lowest BCUT2D eigenvalue weighted by Gasteiger charge is -2.37. The Morgan fingerprint density at radius 2 is 1.71 bits per heavy atom. The third-order valence-electron chi connectivity index (χ3n) is 3.75. The highest BCUT2D eigenvalue weighted by molar-refractivity contribution is 7.82. The lowest BCUT2D eigenvalue weighted by atomic mass is 10.0. The first-order valence-electron chi connectivity index (χ1n) is 8.00. The molecule has 0 aromatic carbocycles. The van der Waals surface area contributed by atoms with Crippen LogP contribution >= 0.6 is 25.3 Å². The Labute approximate surface area is 142 Å². The first-order valence-corrected chi connectivity index (χ1v) is 8.90. The number of piperazine rings is 1. The second kappa shape index (κ2) is 8.99. The molecule has 1 unspecified atom stereocenters. The molecule has 126 valence electrons. The molecule has 0 aromatic heterocycles. The zero-order chi connectivity index (χ0) is 15.9. The fraction of sp³-hybridized carbons (Fsp3) is 1.00. The van der Waals surface area contributed by atoms with E-state index in [1.807, 2.05) is 0 Å². The number of hydrogen-bond acceptors (Lipinski definition) is 6. The normalized spacial score (nSPS) is 19.7. The number of nitrogens with zero attached hydrogens (tertiary/aromatic N) is 1. The molecule has 3 N–H and O–H groups in total. The van der Waals surface area contributed by atoms with Gasteiger partial charge in [0.1, 0.15) is 0 Å². The van der Waals surface area contributed by atoms with Crippen molar-refractivity contribution in [3.05, 3.63) is 0 Å². The molecule has 0 amide bonds. The van der Waals surface area contributed by atoms with Crippen molar-refractivity contribution in [2.24, 2.45) is 0 Å². The highest BCUT2D eigenvalue weighted by Gasteiger charge is 2.27. The molecule has 1 fully saturated rings. The summed E-state index contributed by atoms with van der Waals surface area (Å²) >= 11 is 9.31. The van der Waals surface area contributed by atoms with E-state index in [0.29, 0.717) is 6.04 Å². The topological polar surface area (TPSA) is 39.3 Å². The van der Waals surface area contributed by atoms with E-state index in [0.717, 1.165) is 52.4 Å². The molecule has 1 aliphatic heterocycles. The van der Waals surface area contributed by atoms with Gasteiger partial charge in [0.15, 0.2) is 0 Å². The monoisotopic (exact) mass is 334 g/mol. The molecular formula is C15H34N4S2. The Hall–Kier alpha value is 0.540. The van der Waals surface area contributed by atoms with Gasteiger partial charge in [-0.3, -0.25) is 4.90 Å². The summed E-state index contributed by atoms with van der Waals surface area (Å²) in [4.78, 5) is 2.52. The average Bonchev–Trinajstić information content (AvgIpc) is 2.35. The van der Waals surface area contributed by atoms with Crippen LogP contribution < -0.4 is 16.0 Å². The van der Waals surface area contributed by atoms with Gasteiger partial charge in [-0.05, 0) is 27.7 Å². The molecule has 1 atom stereocenters. The molecule has 1 rings (SSSR count). The van der Waals surface area contributed by atoms with Crippen LogP contribution in [0, 0.1) is 0 Å².